The number of nitrogens with one attached hydrogen (secondary N) is 1. The Morgan fingerprint density at radius 3 is 2.40 bits per heavy atom. The highest BCUT2D eigenvalue weighted by Crippen LogP contribution is 2.44. The van der Waals surface area contributed by atoms with Crippen molar-refractivity contribution in [3.63, 3.8) is 0 Å². The molecule has 0 radical (unpaired) electrons. The van der Waals surface area contributed by atoms with Gasteiger partial charge in [0.25, 0.3) is 0 Å². The first-order chi connectivity index (χ1) is 23.5. The summed E-state index contributed by atoms with van der Waals surface area (Å²) in [5.41, 5.74) is -3.56. The van der Waals surface area contributed by atoms with E-state index in [0.29, 0.717) is 19.3 Å². The van der Waals surface area contributed by atoms with Gasteiger partial charge < -0.3 is 43.9 Å². The molecule has 6 rings (SSSR count). The maximum Gasteiger partial charge on any atom is 0.408 e. The second-order valence-electron chi connectivity index (χ2n) is 17.1. The van der Waals surface area contributed by atoms with Crippen molar-refractivity contribution >= 4 is 17.8 Å². The fourth-order valence-corrected chi connectivity index (χ4v) is 9.65. The van der Waals surface area contributed by atoms with Crippen molar-refractivity contribution < 1.29 is 43.2 Å². The number of Topliss-reactive ketones (excluding diaryl/α,β-unsaturated/α-hetero) is 1. The Morgan fingerprint density at radius 2 is 1.74 bits per heavy atom. The molecule has 0 spiro atoms. The molecule has 1 amide bonds. The van der Waals surface area contributed by atoms with Gasteiger partial charge in [0, 0.05) is 25.1 Å². The molecule has 6 aliphatic rings. The number of piperidine rings is 1. The molecule has 0 aromatic carbocycles. The molecule has 12 heteroatoms. The van der Waals surface area contributed by atoms with Crippen LogP contribution in [0.15, 0.2) is 0 Å². The molecule has 0 aromatic heterocycles. The first kappa shape index (κ1) is 39.4. The summed E-state index contributed by atoms with van der Waals surface area (Å²) in [4.78, 5) is 46.1. The zero-order chi connectivity index (χ0) is 36.6. The SMILES string of the molecule is CC[C@H]1OC(=O)[C@]2(C)CCO[C@@](C)(C[C@@H](C)CC[C@H](C)[C@H]3NC(=O)O[C@@]31C)[C@H](O[C@@H]1O[C@H](CN3CCCCC3)C[C@H](N(C)C)[C@H]1O)[C@@H](C)C2=O. The fourth-order valence-electron chi connectivity index (χ4n) is 9.65. The number of alkyl carbamates (subject to hydrolysis) is 1. The molecule has 2 bridgehead atoms. The standard InChI is InChI=1S/C38H65N3O9/c1-10-28-38(7)30(39-35(45)50-38)24(3)15-14-23(2)21-37(6)32(25(4)31(43)36(5,16-19-46-37)34(44)48-28)49-33-29(42)27(40(8)9)20-26(47-33)22-41-17-12-11-13-18-41/h23-30,32-33,42H,10-22H2,1-9H3,(H,39,45)/t23-,24-,25-,26-,27-,28+,29+,30+,32+,33-,36+,37-,38+/m0/s1. The van der Waals surface area contributed by atoms with Gasteiger partial charge in [-0.05, 0) is 105 Å². The predicted molar refractivity (Wildman–Crippen MR) is 187 cm³/mol. The third-order valence-corrected chi connectivity index (χ3v) is 12.8. The van der Waals surface area contributed by atoms with Crippen molar-refractivity contribution in [3.05, 3.63) is 0 Å². The van der Waals surface area contributed by atoms with E-state index in [1.807, 2.05) is 39.8 Å². The van der Waals surface area contributed by atoms with Crippen molar-refractivity contribution in [3.8, 4) is 0 Å². The minimum absolute atomic E-state index is 0.0219. The molecule has 50 heavy (non-hydrogen) atoms. The van der Waals surface area contributed by atoms with Gasteiger partial charge in [0.1, 0.15) is 17.6 Å². The highest BCUT2D eigenvalue weighted by Gasteiger charge is 2.58. The van der Waals surface area contributed by atoms with Crippen LogP contribution in [0.2, 0.25) is 0 Å². The first-order valence-electron chi connectivity index (χ1n) is 19.3. The molecule has 13 atom stereocenters. The lowest BCUT2D eigenvalue weighted by Crippen LogP contribution is -2.62. The summed E-state index contributed by atoms with van der Waals surface area (Å²) in [6, 6.07) is -0.575. The number of aliphatic hydroxyl groups excluding tert-OH is 1. The Bertz CT molecular complexity index is 1210. The van der Waals surface area contributed by atoms with Crippen LogP contribution in [-0.2, 0) is 33.3 Å². The van der Waals surface area contributed by atoms with E-state index in [9.17, 15) is 19.5 Å². The lowest BCUT2D eigenvalue weighted by Gasteiger charge is -2.49. The maximum atomic E-state index is 14.7. The number of likely N-dealkylation sites (N-methyl/N-ethyl adjacent to an activating group) is 1. The Balaban J connectivity index is 1.49. The molecule has 6 heterocycles. The van der Waals surface area contributed by atoms with E-state index in [4.69, 9.17) is 23.7 Å². The normalized spacial score (nSPS) is 45.5. The molecule has 2 N–H and O–H groups in total. The molecule has 286 valence electrons. The van der Waals surface area contributed by atoms with Crippen LogP contribution in [0.1, 0.15) is 106 Å². The van der Waals surface area contributed by atoms with Crippen LogP contribution in [0.3, 0.4) is 0 Å². The maximum absolute atomic E-state index is 14.7. The van der Waals surface area contributed by atoms with Gasteiger partial charge >= 0.3 is 12.1 Å². The second kappa shape index (κ2) is 15.6. The quantitative estimate of drug-likeness (QED) is 0.302. The minimum Gasteiger partial charge on any atom is -0.457 e. The second-order valence-corrected chi connectivity index (χ2v) is 17.1. The molecule has 12 nitrogen and oxygen atoms in total. The highest BCUT2D eigenvalue weighted by molar-refractivity contribution is 6.04. The number of carbonyl (C=O) groups is 3. The van der Waals surface area contributed by atoms with Crippen LogP contribution in [0.25, 0.3) is 0 Å². The molecule has 6 fully saturated rings. The number of ether oxygens (including phenoxy) is 5. The van der Waals surface area contributed by atoms with Gasteiger partial charge in [-0.1, -0.05) is 40.5 Å². The highest BCUT2D eigenvalue weighted by atomic mass is 16.7. The predicted octanol–water partition coefficient (Wildman–Crippen LogP) is 4.30. The minimum atomic E-state index is -1.54. The third kappa shape index (κ3) is 7.90. The van der Waals surface area contributed by atoms with E-state index >= 15 is 0 Å². The average molecular weight is 708 g/mol. The number of nitrogens with zero attached hydrogens (tertiary/aromatic N) is 2. The van der Waals surface area contributed by atoms with E-state index in [0.717, 1.165) is 32.5 Å². The molecule has 6 saturated heterocycles. The Hall–Kier alpha value is -1.83. The van der Waals surface area contributed by atoms with E-state index in [1.165, 1.54) is 19.3 Å². The number of fused-ring (bicyclic) bond motifs is 10. The lowest BCUT2D eigenvalue weighted by molar-refractivity contribution is -0.303. The number of ketones is 1. The van der Waals surface area contributed by atoms with Crippen LogP contribution in [0, 0.1) is 23.2 Å². The average Bonchev–Trinajstić information content (AvgIpc) is 3.38. The number of likely N-dealkylation sites (tertiary alicyclic amines) is 1. The number of esters is 1. The summed E-state index contributed by atoms with van der Waals surface area (Å²) in [5.74, 6) is -1.56. The molecule has 0 aromatic rings. The Morgan fingerprint density at radius 1 is 1.04 bits per heavy atom. The summed E-state index contributed by atoms with van der Waals surface area (Å²) >= 11 is 0. The van der Waals surface area contributed by atoms with Crippen molar-refractivity contribution in [1.82, 2.24) is 15.1 Å². The molecule has 6 aliphatic heterocycles. The Labute approximate surface area is 299 Å². The first-order valence-corrected chi connectivity index (χ1v) is 19.3. The monoisotopic (exact) mass is 707 g/mol. The van der Waals surface area contributed by atoms with Crippen molar-refractivity contribution in [1.29, 1.82) is 0 Å². The third-order valence-electron chi connectivity index (χ3n) is 12.8. The van der Waals surface area contributed by atoms with Crippen molar-refractivity contribution in [2.45, 2.75) is 160 Å². The van der Waals surface area contributed by atoms with Gasteiger partial charge in [-0.25, -0.2) is 4.79 Å². The Kier molecular flexibility index (Phi) is 12.3. The molecular formula is C38H65N3O9. The topological polar surface area (TPSA) is 136 Å². The van der Waals surface area contributed by atoms with Crippen molar-refractivity contribution in [2.75, 3.05) is 40.3 Å². The van der Waals surface area contributed by atoms with Crippen LogP contribution in [0.4, 0.5) is 4.79 Å². The number of hydrogen-bond donors (Lipinski definition) is 2. The van der Waals surface area contributed by atoms with Gasteiger partial charge in [-0.2, -0.15) is 0 Å². The molecule has 0 aliphatic carbocycles. The van der Waals surface area contributed by atoms with Crippen LogP contribution in [0.5, 0.6) is 0 Å². The number of amides is 1. The van der Waals surface area contributed by atoms with Gasteiger partial charge in [-0.3, -0.25) is 9.59 Å². The number of carbonyl (C=O) groups excluding carboxylic acids is 3. The zero-order valence-electron chi connectivity index (χ0n) is 32.1. The number of rotatable bonds is 6. The summed E-state index contributed by atoms with van der Waals surface area (Å²) in [6.45, 7) is 16.4. The summed E-state index contributed by atoms with van der Waals surface area (Å²) in [6.07, 6.45) is 2.78. The van der Waals surface area contributed by atoms with Crippen molar-refractivity contribution in [2.24, 2.45) is 23.2 Å². The molecular weight excluding hydrogens is 642 g/mol. The van der Waals surface area contributed by atoms with Gasteiger partial charge in [-0.15, -0.1) is 0 Å². The number of hydrogen-bond acceptors (Lipinski definition) is 11. The summed E-state index contributed by atoms with van der Waals surface area (Å²) in [7, 11) is 3.93. The van der Waals surface area contributed by atoms with E-state index < -0.39 is 59.2 Å². The summed E-state index contributed by atoms with van der Waals surface area (Å²) in [5, 5.41) is 14.7. The molecule has 0 unspecified atom stereocenters. The van der Waals surface area contributed by atoms with E-state index in [2.05, 4.69) is 24.1 Å². The number of aliphatic hydroxyl groups is 1. The zero-order valence-corrected chi connectivity index (χ0v) is 32.1. The van der Waals surface area contributed by atoms with Gasteiger partial charge in [0.2, 0.25) is 0 Å². The molecule has 0 saturated carbocycles. The lowest BCUT2D eigenvalue weighted by atomic mass is 9.70. The van der Waals surface area contributed by atoms with E-state index in [-0.39, 0.29) is 48.8 Å². The fraction of sp³-hybridized carbons (Fsp3) is 0.921. The largest absolute Gasteiger partial charge is 0.457 e. The van der Waals surface area contributed by atoms with Gasteiger partial charge in [0.15, 0.2) is 17.7 Å². The van der Waals surface area contributed by atoms with Crippen LogP contribution in [-0.4, -0.2) is 127 Å². The van der Waals surface area contributed by atoms with Gasteiger partial charge in [0.05, 0.1) is 23.9 Å². The smallest absolute Gasteiger partial charge is 0.408 e. The van der Waals surface area contributed by atoms with E-state index in [1.54, 1.807) is 13.8 Å². The van der Waals surface area contributed by atoms with Crippen LogP contribution >= 0.6 is 0 Å². The summed E-state index contributed by atoms with van der Waals surface area (Å²) < 4.78 is 32.4. The van der Waals surface area contributed by atoms with Crippen LogP contribution < -0.4 is 5.32 Å².